The standard InChI is InChI=1S/C9H10O3S/c1-11-6-7(9(10)12-2)8-4-3-5-13-8/h3-6H,1-2H3. The maximum Gasteiger partial charge on any atom is 0.342 e. The molecular formula is C9H10O3S. The summed E-state index contributed by atoms with van der Waals surface area (Å²) in [4.78, 5) is 12.1. The molecule has 0 aliphatic rings. The number of methoxy groups -OCH3 is 2. The van der Waals surface area contributed by atoms with E-state index in [9.17, 15) is 4.79 Å². The molecule has 0 saturated carbocycles. The minimum Gasteiger partial charge on any atom is -0.503 e. The van der Waals surface area contributed by atoms with Crippen LogP contribution in [0.4, 0.5) is 0 Å². The third-order valence-electron chi connectivity index (χ3n) is 1.43. The maximum atomic E-state index is 11.2. The van der Waals surface area contributed by atoms with Crippen molar-refractivity contribution in [1.82, 2.24) is 0 Å². The highest BCUT2D eigenvalue weighted by Crippen LogP contribution is 2.21. The van der Waals surface area contributed by atoms with Crippen LogP contribution in [0, 0.1) is 0 Å². The average Bonchev–Trinajstić information content (AvgIpc) is 2.65. The molecule has 0 aromatic carbocycles. The Morgan fingerprint density at radius 3 is 2.77 bits per heavy atom. The van der Waals surface area contributed by atoms with E-state index in [-0.39, 0.29) is 5.97 Å². The van der Waals surface area contributed by atoms with Gasteiger partial charge in [0.05, 0.1) is 20.5 Å². The van der Waals surface area contributed by atoms with Crippen LogP contribution in [0.25, 0.3) is 5.57 Å². The van der Waals surface area contributed by atoms with Gasteiger partial charge in [0.1, 0.15) is 5.57 Å². The fraction of sp³-hybridized carbons (Fsp3) is 0.222. The predicted molar refractivity (Wildman–Crippen MR) is 51.3 cm³/mol. The van der Waals surface area contributed by atoms with Crippen molar-refractivity contribution in [1.29, 1.82) is 0 Å². The van der Waals surface area contributed by atoms with Crippen molar-refractivity contribution in [2.75, 3.05) is 14.2 Å². The van der Waals surface area contributed by atoms with Crippen molar-refractivity contribution in [2.24, 2.45) is 0 Å². The summed E-state index contributed by atoms with van der Waals surface area (Å²) in [5, 5.41) is 1.89. The van der Waals surface area contributed by atoms with Crippen molar-refractivity contribution in [3.63, 3.8) is 0 Å². The summed E-state index contributed by atoms with van der Waals surface area (Å²) >= 11 is 1.47. The van der Waals surface area contributed by atoms with Crippen molar-refractivity contribution >= 4 is 22.9 Å². The van der Waals surface area contributed by atoms with Crippen LogP contribution < -0.4 is 0 Å². The van der Waals surface area contributed by atoms with Gasteiger partial charge >= 0.3 is 5.97 Å². The molecule has 0 aliphatic heterocycles. The summed E-state index contributed by atoms with van der Waals surface area (Å²) in [7, 11) is 2.84. The minimum absolute atomic E-state index is 0.385. The second kappa shape index (κ2) is 4.67. The summed E-state index contributed by atoms with van der Waals surface area (Å²) in [6.07, 6.45) is 1.39. The summed E-state index contributed by atoms with van der Waals surface area (Å²) < 4.78 is 9.40. The summed E-state index contributed by atoms with van der Waals surface area (Å²) in [5.74, 6) is -0.385. The van der Waals surface area contributed by atoms with Crippen molar-refractivity contribution in [3.8, 4) is 0 Å². The highest BCUT2D eigenvalue weighted by atomic mass is 32.1. The average molecular weight is 198 g/mol. The second-order valence-electron chi connectivity index (χ2n) is 2.24. The quantitative estimate of drug-likeness (QED) is 0.423. The summed E-state index contributed by atoms with van der Waals surface area (Å²) in [6.45, 7) is 0. The lowest BCUT2D eigenvalue weighted by molar-refractivity contribution is -0.133. The molecule has 0 radical (unpaired) electrons. The maximum absolute atomic E-state index is 11.2. The molecule has 0 atom stereocenters. The molecule has 0 N–H and O–H groups in total. The molecule has 1 aromatic heterocycles. The first-order valence-corrected chi connectivity index (χ1v) is 4.52. The van der Waals surface area contributed by atoms with Gasteiger partial charge in [0.25, 0.3) is 0 Å². The Morgan fingerprint density at radius 2 is 2.31 bits per heavy atom. The Labute approximate surface area is 80.6 Å². The van der Waals surface area contributed by atoms with Crippen LogP contribution in [0.1, 0.15) is 4.88 Å². The van der Waals surface area contributed by atoms with Crippen LogP contribution in [0.5, 0.6) is 0 Å². The minimum atomic E-state index is -0.385. The van der Waals surface area contributed by atoms with E-state index in [2.05, 4.69) is 4.74 Å². The molecule has 0 aliphatic carbocycles. The lowest BCUT2D eigenvalue weighted by Gasteiger charge is -2.01. The van der Waals surface area contributed by atoms with Gasteiger partial charge in [-0.05, 0) is 11.4 Å². The zero-order valence-electron chi connectivity index (χ0n) is 7.44. The van der Waals surface area contributed by atoms with Gasteiger partial charge in [-0.3, -0.25) is 0 Å². The molecule has 0 bridgehead atoms. The molecule has 70 valence electrons. The highest BCUT2D eigenvalue weighted by Gasteiger charge is 2.13. The Hall–Kier alpha value is -1.29. The topological polar surface area (TPSA) is 35.5 Å². The van der Waals surface area contributed by atoms with Gasteiger partial charge in [-0.1, -0.05) is 6.07 Å². The van der Waals surface area contributed by atoms with Crippen molar-refractivity contribution in [2.45, 2.75) is 0 Å². The van der Waals surface area contributed by atoms with Crippen LogP contribution >= 0.6 is 11.3 Å². The molecule has 0 unspecified atom stereocenters. The summed E-state index contributed by atoms with van der Waals surface area (Å²) in [6, 6.07) is 3.71. The molecular weight excluding hydrogens is 188 g/mol. The van der Waals surface area contributed by atoms with Gasteiger partial charge < -0.3 is 9.47 Å². The van der Waals surface area contributed by atoms with Crippen LogP contribution in [0.2, 0.25) is 0 Å². The van der Waals surface area contributed by atoms with Crippen molar-refractivity contribution < 1.29 is 14.3 Å². The van der Waals surface area contributed by atoms with Crippen LogP contribution in [0.3, 0.4) is 0 Å². The summed E-state index contributed by atoms with van der Waals surface area (Å²) in [5.41, 5.74) is 0.444. The Balaban J connectivity index is 2.94. The van der Waals surface area contributed by atoms with Gasteiger partial charge in [0.15, 0.2) is 0 Å². The van der Waals surface area contributed by atoms with Crippen LogP contribution in [-0.2, 0) is 14.3 Å². The Bertz CT molecular complexity index is 301. The van der Waals surface area contributed by atoms with Crippen LogP contribution in [-0.4, -0.2) is 20.2 Å². The number of thiophene rings is 1. The largest absolute Gasteiger partial charge is 0.503 e. The van der Waals surface area contributed by atoms with Gasteiger partial charge in [0, 0.05) is 4.88 Å². The SMILES string of the molecule is COC=C(C(=O)OC)c1cccs1. The molecule has 1 heterocycles. The van der Waals surface area contributed by atoms with Crippen LogP contribution in [0.15, 0.2) is 23.8 Å². The number of carbonyl (C=O) groups excluding carboxylic acids is 1. The fourth-order valence-corrected chi connectivity index (χ4v) is 1.59. The number of rotatable bonds is 3. The zero-order valence-corrected chi connectivity index (χ0v) is 8.26. The molecule has 1 rings (SSSR count). The Kier molecular flexibility index (Phi) is 3.52. The van der Waals surface area contributed by atoms with E-state index < -0.39 is 0 Å². The molecule has 0 saturated heterocycles. The zero-order chi connectivity index (χ0) is 9.68. The normalized spacial score (nSPS) is 11.1. The number of esters is 1. The third kappa shape index (κ3) is 2.32. The van der Waals surface area contributed by atoms with Crippen molar-refractivity contribution in [3.05, 3.63) is 28.7 Å². The smallest absolute Gasteiger partial charge is 0.342 e. The number of hydrogen-bond acceptors (Lipinski definition) is 4. The first-order valence-electron chi connectivity index (χ1n) is 3.64. The molecule has 4 heteroatoms. The van der Waals surface area contributed by atoms with E-state index in [0.29, 0.717) is 5.57 Å². The highest BCUT2D eigenvalue weighted by molar-refractivity contribution is 7.11. The predicted octanol–water partition coefficient (Wildman–Crippen LogP) is 1.91. The van der Waals surface area contributed by atoms with Gasteiger partial charge in [0.2, 0.25) is 0 Å². The fourth-order valence-electron chi connectivity index (χ4n) is 0.866. The lowest BCUT2D eigenvalue weighted by Crippen LogP contribution is -2.02. The second-order valence-corrected chi connectivity index (χ2v) is 3.18. The van der Waals surface area contributed by atoms with Gasteiger partial charge in [-0.25, -0.2) is 4.79 Å². The van der Waals surface area contributed by atoms with E-state index in [4.69, 9.17) is 4.74 Å². The monoisotopic (exact) mass is 198 g/mol. The third-order valence-corrected chi connectivity index (χ3v) is 2.33. The first kappa shape index (κ1) is 9.80. The molecule has 3 nitrogen and oxygen atoms in total. The van der Waals surface area contributed by atoms with E-state index in [1.165, 1.54) is 31.8 Å². The van der Waals surface area contributed by atoms with E-state index in [1.54, 1.807) is 0 Å². The molecule has 1 aromatic rings. The van der Waals surface area contributed by atoms with E-state index >= 15 is 0 Å². The van der Waals surface area contributed by atoms with Gasteiger partial charge in [-0.2, -0.15) is 0 Å². The number of hydrogen-bond donors (Lipinski definition) is 0. The lowest BCUT2D eigenvalue weighted by atomic mass is 10.2. The Morgan fingerprint density at radius 1 is 1.54 bits per heavy atom. The molecule has 0 fully saturated rings. The number of ether oxygens (including phenoxy) is 2. The molecule has 13 heavy (non-hydrogen) atoms. The van der Waals surface area contributed by atoms with Gasteiger partial charge in [-0.15, -0.1) is 11.3 Å². The molecule has 0 amide bonds. The van der Waals surface area contributed by atoms with E-state index in [0.717, 1.165) is 4.88 Å². The van der Waals surface area contributed by atoms with E-state index in [1.807, 2.05) is 17.5 Å². The molecule has 0 spiro atoms. The first-order chi connectivity index (χ1) is 6.29. The number of carbonyl (C=O) groups is 1.